The predicted octanol–water partition coefficient (Wildman–Crippen LogP) is 3.44. The number of hydrogen-bond acceptors (Lipinski definition) is 5. The molecule has 3 aromatic rings. The van der Waals surface area contributed by atoms with E-state index in [2.05, 4.69) is 24.8 Å². The van der Waals surface area contributed by atoms with Crippen molar-refractivity contribution in [1.29, 1.82) is 0 Å². The highest BCUT2D eigenvalue weighted by atomic mass is 19.4. The summed E-state index contributed by atoms with van der Waals surface area (Å²) in [5.41, 5.74) is 2.07. The molecular formula is C21H20F3N5O2. The Morgan fingerprint density at radius 3 is 2.13 bits per heavy atom. The Kier molecular flexibility index (Phi) is 5.53. The molecule has 1 aliphatic heterocycles. The molecule has 0 saturated carbocycles. The molecule has 4 rings (SSSR count). The van der Waals surface area contributed by atoms with Crippen LogP contribution in [0.1, 0.15) is 11.3 Å². The van der Waals surface area contributed by atoms with E-state index in [9.17, 15) is 18.0 Å². The van der Waals surface area contributed by atoms with E-state index in [0.717, 1.165) is 49.3 Å². The number of hydrogen-bond donors (Lipinski definition) is 2. The van der Waals surface area contributed by atoms with E-state index in [1.54, 1.807) is 12.3 Å². The van der Waals surface area contributed by atoms with Crippen LogP contribution < -0.4 is 9.80 Å². The van der Waals surface area contributed by atoms with Gasteiger partial charge in [0, 0.05) is 38.1 Å². The summed E-state index contributed by atoms with van der Waals surface area (Å²) < 4.78 is 38.1. The number of anilines is 2. The quantitative estimate of drug-likeness (QED) is 0.644. The van der Waals surface area contributed by atoms with Crippen molar-refractivity contribution in [3.05, 3.63) is 60.0 Å². The molecule has 1 fully saturated rings. The molecule has 2 N–H and O–H groups in total. The molecular weight excluding hydrogens is 411 g/mol. The first-order valence-corrected chi connectivity index (χ1v) is 9.69. The zero-order valence-corrected chi connectivity index (χ0v) is 16.4. The van der Waals surface area contributed by atoms with Crippen molar-refractivity contribution in [1.82, 2.24) is 15.0 Å². The van der Waals surface area contributed by atoms with Crippen LogP contribution in [0.25, 0.3) is 11.5 Å². The Morgan fingerprint density at radius 1 is 1.00 bits per heavy atom. The van der Waals surface area contributed by atoms with Crippen LogP contribution in [0.2, 0.25) is 0 Å². The van der Waals surface area contributed by atoms with Gasteiger partial charge in [0.2, 0.25) is 0 Å². The number of carboxylic acids is 1. The minimum absolute atomic E-state index is 0.00652. The zero-order valence-electron chi connectivity index (χ0n) is 16.4. The van der Waals surface area contributed by atoms with Gasteiger partial charge in [-0.15, -0.1) is 0 Å². The molecule has 0 amide bonds. The number of nitrogens with one attached hydrogen (secondary N) is 1. The summed E-state index contributed by atoms with van der Waals surface area (Å²) in [5, 5.41) is 8.87. The average molecular weight is 431 g/mol. The molecule has 162 valence electrons. The molecule has 0 bridgehead atoms. The molecule has 0 unspecified atom stereocenters. The van der Waals surface area contributed by atoms with Gasteiger partial charge in [-0.2, -0.15) is 13.2 Å². The summed E-state index contributed by atoms with van der Waals surface area (Å²) in [6.45, 7) is 3.09. The van der Waals surface area contributed by atoms with E-state index in [1.165, 1.54) is 0 Å². The van der Waals surface area contributed by atoms with Gasteiger partial charge in [0.05, 0.1) is 18.3 Å². The maximum absolute atomic E-state index is 12.7. The van der Waals surface area contributed by atoms with Crippen molar-refractivity contribution in [3.63, 3.8) is 0 Å². The number of piperazine rings is 1. The minimum atomic E-state index is -4.50. The van der Waals surface area contributed by atoms with Gasteiger partial charge in [-0.25, -0.2) is 4.98 Å². The standard InChI is InChI=1S/C21H20F3N5O2/c22-21(23,24)18-13-26-20(27-18)17-6-5-16(12-25-17)29-9-7-28(8-10-29)15-3-1-14(2-4-15)11-19(30)31/h1-6,12-13H,7-11H2,(H,26,27)(H,30,31). The first kappa shape index (κ1) is 20.7. The number of halogens is 3. The van der Waals surface area contributed by atoms with Crippen molar-refractivity contribution in [3.8, 4) is 11.5 Å². The predicted molar refractivity (Wildman–Crippen MR) is 109 cm³/mol. The lowest BCUT2D eigenvalue weighted by Crippen LogP contribution is -2.46. The van der Waals surface area contributed by atoms with Gasteiger partial charge in [0.1, 0.15) is 5.69 Å². The molecule has 1 aliphatic rings. The molecule has 31 heavy (non-hydrogen) atoms. The van der Waals surface area contributed by atoms with E-state index in [4.69, 9.17) is 5.11 Å². The van der Waals surface area contributed by atoms with Gasteiger partial charge in [-0.3, -0.25) is 9.78 Å². The van der Waals surface area contributed by atoms with Crippen LogP contribution in [-0.2, 0) is 17.4 Å². The summed E-state index contributed by atoms with van der Waals surface area (Å²) in [5.74, 6) is -0.774. The highest BCUT2D eigenvalue weighted by molar-refractivity contribution is 5.70. The maximum atomic E-state index is 12.7. The molecule has 0 radical (unpaired) electrons. The van der Waals surface area contributed by atoms with Gasteiger partial charge in [0.15, 0.2) is 11.5 Å². The molecule has 1 aromatic carbocycles. The van der Waals surface area contributed by atoms with E-state index < -0.39 is 17.8 Å². The number of aromatic amines is 1. The van der Waals surface area contributed by atoms with Crippen LogP contribution in [0.4, 0.5) is 24.5 Å². The van der Waals surface area contributed by atoms with Gasteiger partial charge in [-0.05, 0) is 29.8 Å². The van der Waals surface area contributed by atoms with Crippen LogP contribution in [0, 0.1) is 0 Å². The molecule has 0 atom stereocenters. The van der Waals surface area contributed by atoms with Crippen LogP contribution in [0.5, 0.6) is 0 Å². The van der Waals surface area contributed by atoms with E-state index in [0.29, 0.717) is 5.69 Å². The monoisotopic (exact) mass is 431 g/mol. The second-order valence-electron chi connectivity index (χ2n) is 7.24. The van der Waals surface area contributed by atoms with Crippen molar-refractivity contribution < 1.29 is 23.1 Å². The van der Waals surface area contributed by atoms with E-state index in [-0.39, 0.29) is 12.2 Å². The fourth-order valence-corrected chi connectivity index (χ4v) is 3.53. The lowest BCUT2D eigenvalue weighted by atomic mass is 10.1. The number of aliphatic carboxylic acids is 1. The molecule has 7 nitrogen and oxygen atoms in total. The highest BCUT2D eigenvalue weighted by Gasteiger charge is 2.34. The molecule has 3 heterocycles. The first-order chi connectivity index (χ1) is 14.8. The normalized spacial score (nSPS) is 14.7. The van der Waals surface area contributed by atoms with Gasteiger partial charge in [0.25, 0.3) is 0 Å². The number of benzene rings is 1. The number of H-pyrrole nitrogens is 1. The maximum Gasteiger partial charge on any atom is 0.434 e. The minimum Gasteiger partial charge on any atom is -0.481 e. The summed E-state index contributed by atoms with van der Waals surface area (Å²) in [7, 11) is 0. The Bertz CT molecular complexity index is 1040. The largest absolute Gasteiger partial charge is 0.481 e. The molecule has 1 saturated heterocycles. The second-order valence-corrected chi connectivity index (χ2v) is 7.24. The third-order valence-electron chi connectivity index (χ3n) is 5.16. The van der Waals surface area contributed by atoms with Crippen molar-refractivity contribution in [2.45, 2.75) is 12.6 Å². The average Bonchev–Trinajstić information content (AvgIpc) is 3.25. The molecule has 0 spiro atoms. The molecule has 10 heteroatoms. The third-order valence-corrected chi connectivity index (χ3v) is 5.16. The topological polar surface area (TPSA) is 85.4 Å². The van der Waals surface area contributed by atoms with E-state index in [1.807, 2.05) is 30.3 Å². The van der Waals surface area contributed by atoms with Crippen LogP contribution in [0.15, 0.2) is 48.8 Å². The number of rotatable bonds is 5. The number of alkyl halides is 3. The fourth-order valence-electron chi connectivity index (χ4n) is 3.53. The molecule has 0 aliphatic carbocycles. The zero-order chi connectivity index (χ0) is 22.0. The summed E-state index contributed by atoms with van der Waals surface area (Å²) in [4.78, 5) is 25.5. The molecule has 2 aromatic heterocycles. The number of nitrogens with zero attached hydrogens (tertiary/aromatic N) is 4. The SMILES string of the molecule is O=C(O)Cc1ccc(N2CCN(c3ccc(-c4nc(C(F)(F)F)c[nH]4)nc3)CC2)cc1. The Labute approximate surface area is 176 Å². The summed E-state index contributed by atoms with van der Waals surface area (Å²) >= 11 is 0. The highest BCUT2D eigenvalue weighted by Crippen LogP contribution is 2.29. The van der Waals surface area contributed by atoms with Gasteiger partial charge in [-0.1, -0.05) is 12.1 Å². The van der Waals surface area contributed by atoms with Crippen LogP contribution in [-0.4, -0.2) is 52.2 Å². The van der Waals surface area contributed by atoms with Crippen molar-refractivity contribution in [2.24, 2.45) is 0 Å². The lowest BCUT2D eigenvalue weighted by molar-refractivity contribution is -0.141. The van der Waals surface area contributed by atoms with E-state index >= 15 is 0 Å². The third kappa shape index (κ3) is 4.79. The Hall–Kier alpha value is -3.56. The van der Waals surface area contributed by atoms with Crippen LogP contribution in [0.3, 0.4) is 0 Å². The number of imidazole rings is 1. The van der Waals surface area contributed by atoms with Crippen molar-refractivity contribution >= 4 is 17.3 Å². The number of pyridine rings is 1. The Morgan fingerprint density at radius 2 is 1.61 bits per heavy atom. The second kappa shape index (κ2) is 8.29. The summed E-state index contributed by atoms with van der Waals surface area (Å²) in [6, 6.07) is 11.0. The summed E-state index contributed by atoms with van der Waals surface area (Å²) in [6.07, 6.45) is -2.02. The smallest absolute Gasteiger partial charge is 0.434 e. The van der Waals surface area contributed by atoms with Crippen molar-refractivity contribution in [2.75, 3.05) is 36.0 Å². The number of carbonyl (C=O) groups is 1. The first-order valence-electron chi connectivity index (χ1n) is 9.69. The fraction of sp³-hybridized carbons (Fsp3) is 0.286. The van der Waals surface area contributed by atoms with Gasteiger partial charge < -0.3 is 19.9 Å². The lowest BCUT2D eigenvalue weighted by Gasteiger charge is -2.37. The van der Waals surface area contributed by atoms with Gasteiger partial charge >= 0.3 is 12.1 Å². The number of aromatic nitrogens is 3. The number of carboxylic acid groups (broad SMARTS) is 1. The van der Waals surface area contributed by atoms with Crippen LogP contribution >= 0.6 is 0 Å². The Balaban J connectivity index is 1.37.